The van der Waals surface area contributed by atoms with Crippen molar-refractivity contribution in [2.24, 2.45) is 0 Å². The van der Waals surface area contributed by atoms with Crippen LogP contribution in [0.2, 0.25) is 0 Å². The summed E-state index contributed by atoms with van der Waals surface area (Å²) in [6, 6.07) is 6.88. The van der Waals surface area contributed by atoms with Crippen molar-refractivity contribution in [1.29, 1.82) is 0 Å². The van der Waals surface area contributed by atoms with Gasteiger partial charge in [0.15, 0.2) is 0 Å². The molecule has 0 amide bonds. The number of hydrogen-bond donors (Lipinski definition) is 1. The molecule has 1 N–H and O–H groups in total. The Morgan fingerprint density at radius 1 is 1.35 bits per heavy atom. The molecule has 2 rings (SSSR count). The Labute approximate surface area is 103 Å². The fourth-order valence-electron chi connectivity index (χ4n) is 1.56. The van der Waals surface area contributed by atoms with Gasteiger partial charge in [-0.25, -0.2) is 4.68 Å². The Kier molecular flexibility index (Phi) is 3.77. The SMILES string of the molecule is O=[S+]C(Cc1ccc(O)cc1)Cn1ccnn1. The first kappa shape index (κ1) is 11.7. The first-order valence-corrected chi connectivity index (χ1v) is 5.99. The summed E-state index contributed by atoms with van der Waals surface area (Å²) in [6.07, 6.45) is 3.97. The van der Waals surface area contributed by atoms with Crippen LogP contribution < -0.4 is 0 Å². The van der Waals surface area contributed by atoms with Gasteiger partial charge in [-0.15, -0.1) is 5.10 Å². The molecule has 2 aromatic rings. The zero-order chi connectivity index (χ0) is 12.1. The molecule has 0 saturated heterocycles. The number of aromatic nitrogens is 3. The van der Waals surface area contributed by atoms with E-state index in [2.05, 4.69) is 10.3 Å². The largest absolute Gasteiger partial charge is 0.508 e. The van der Waals surface area contributed by atoms with Gasteiger partial charge < -0.3 is 5.11 Å². The molecule has 1 aromatic carbocycles. The molecule has 0 radical (unpaired) electrons. The fourth-order valence-corrected chi connectivity index (χ4v) is 2.04. The van der Waals surface area contributed by atoms with Gasteiger partial charge in [0.05, 0.1) is 6.20 Å². The molecule has 5 nitrogen and oxygen atoms in total. The smallest absolute Gasteiger partial charge is 0.464 e. The van der Waals surface area contributed by atoms with Crippen LogP contribution in [0.1, 0.15) is 5.56 Å². The highest BCUT2D eigenvalue weighted by Crippen LogP contribution is 2.12. The Bertz CT molecular complexity index is 470. The van der Waals surface area contributed by atoms with Crippen molar-refractivity contribution >= 4 is 11.7 Å². The molecule has 1 aromatic heterocycles. The monoisotopic (exact) mass is 250 g/mol. The van der Waals surface area contributed by atoms with E-state index in [4.69, 9.17) is 5.11 Å². The lowest BCUT2D eigenvalue weighted by Crippen LogP contribution is -2.18. The quantitative estimate of drug-likeness (QED) is 0.805. The number of aromatic hydroxyl groups is 1. The average molecular weight is 250 g/mol. The van der Waals surface area contributed by atoms with Gasteiger partial charge in [-0.3, -0.25) is 0 Å². The van der Waals surface area contributed by atoms with E-state index in [9.17, 15) is 4.21 Å². The van der Waals surface area contributed by atoms with E-state index < -0.39 is 0 Å². The minimum atomic E-state index is -0.0961. The van der Waals surface area contributed by atoms with Gasteiger partial charge in [-0.2, -0.15) is 0 Å². The summed E-state index contributed by atoms with van der Waals surface area (Å²) in [5.41, 5.74) is 1.02. The summed E-state index contributed by atoms with van der Waals surface area (Å²) in [4.78, 5) is 0. The minimum absolute atomic E-state index is 0.0961. The van der Waals surface area contributed by atoms with E-state index in [1.165, 1.54) is 0 Å². The van der Waals surface area contributed by atoms with E-state index in [-0.39, 0.29) is 11.0 Å². The Morgan fingerprint density at radius 2 is 2.12 bits per heavy atom. The van der Waals surface area contributed by atoms with Crippen molar-refractivity contribution in [3.05, 3.63) is 42.2 Å². The highest BCUT2D eigenvalue weighted by Gasteiger charge is 2.23. The molecule has 1 atom stereocenters. The predicted octanol–water partition coefficient (Wildman–Crippen LogP) is 1.02. The Morgan fingerprint density at radius 3 is 2.71 bits per heavy atom. The summed E-state index contributed by atoms with van der Waals surface area (Å²) >= 11 is 0.566. The summed E-state index contributed by atoms with van der Waals surface area (Å²) in [5, 5.41) is 16.6. The molecule has 1 unspecified atom stereocenters. The molecule has 0 fully saturated rings. The van der Waals surface area contributed by atoms with Gasteiger partial charge in [0.2, 0.25) is 0 Å². The van der Waals surface area contributed by atoms with Gasteiger partial charge in [-0.1, -0.05) is 17.3 Å². The first-order valence-electron chi connectivity index (χ1n) is 5.18. The Balaban J connectivity index is 2.00. The van der Waals surface area contributed by atoms with Crippen LogP contribution >= 0.6 is 0 Å². The van der Waals surface area contributed by atoms with E-state index in [1.54, 1.807) is 29.2 Å². The second kappa shape index (κ2) is 5.49. The second-order valence-electron chi connectivity index (χ2n) is 3.71. The number of benzene rings is 1. The zero-order valence-electron chi connectivity index (χ0n) is 9.06. The molecule has 0 spiro atoms. The van der Waals surface area contributed by atoms with Gasteiger partial charge in [0, 0.05) is 16.8 Å². The second-order valence-corrected chi connectivity index (χ2v) is 4.57. The topological polar surface area (TPSA) is 68.0 Å². The normalized spacial score (nSPS) is 12.2. The van der Waals surface area contributed by atoms with Crippen LogP contribution in [0.5, 0.6) is 5.75 Å². The molecule has 0 aliphatic rings. The number of phenolic OH excluding ortho intramolecular Hbond substituents is 1. The molecule has 0 aliphatic heterocycles. The van der Waals surface area contributed by atoms with E-state index >= 15 is 0 Å². The molecule has 0 aliphatic carbocycles. The number of hydrogen-bond acceptors (Lipinski definition) is 4. The third kappa shape index (κ3) is 3.32. The molecular formula is C11H12N3O2S+. The maximum absolute atomic E-state index is 11.0. The standard InChI is InChI=1S/C11H11N3O2S/c15-10-3-1-9(2-4-10)7-11(17-16)8-14-6-5-12-13-14/h1-6,11H,7-8H2/p+1. The van der Waals surface area contributed by atoms with Crippen molar-refractivity contribution in [2.45, 2.75) is 18.2 Å². The highest BCUT2D eigenvalue weighted by atomic mass is 32.1. The summed E-state index contributed by atoms with van der Waals surface area (Å²) in [5.74, 6) is 0.233. The average Bonchev–Trinajstić information content (AvgIpc) is 2.84. The molecule has 88 valence electrons. The van der Waals surface area contributed by atoms with Gasteiger partial charge in [0.25, 0.3) is 5.25 Å². The van der Waals surface area contributed by atoms with Crippen LogP contribution in [0.4, 0.5) is 0 Å². The third-order valence-electron chi connectivity index (χ3n) is 2.40. The molecular weight excluding hydrogens is 238 g/mol. The van der Waals surface area contributed by atoms with E-state index in [1.807, 2.05) is 12.1 Å². The van der Waals surface area contributed by atoms with Gasteiger partial charge >= 0.3 is 11.7 Å². The van der Waals surface area contributed by atoms with Crippen molar-refractivity contribution in [2.75, 3.05) is 0 Å². The molecule has 1 heterocycles. The third-order valence-corrected chi connectivity index (χ3v) is 2.99. The van der Waals surface area contributed by atoms with Crippen molar-refractivity contribution < 1.29 is 9.32 Å². The summed E-state index contributed by atoms with van der Waals surface area (Å²) < 4.78 is 12.7. The van der Waals surface area contributed by atoms with Crippen LogP contribution in [-0.2, 0) is 28.8 Å². The van der Waals surface area contributed by atoms with Crippen LogP contribution in [0.3, 0.4) is 0 Å². The minimum Gasteiger partial charge on any atom is -0.508 e. The van der Waals surface area contributed by atoms with Gasteiger partial charge in [-0.05, 0) is 17.7 Å². The number of rotatable bonds is 5. The molecule has 0 saturated carbocycles. The maximum Gasteiger partial charge on any atom is 0.464 e. The number of nitrogens with zero attached hydrogens (tertiary/aromatic N) is 3. The van der Waals surface area contributed by atoms with Crippen molar-refractivity contribution in [1.82, 2.24) is 15.0 Å². The lowest BCUT2D eigenvalue weighted by atomic mass is 10.1. The first-order chi connectivity index (χ1) is 8.28. The van der Waals surface area contributed by atoms with E-state index in [0.717, 1.165) is 5.56 Å². The molecule has 6 heteroatoms. The Hall–Kier alpha value is -1.82. The maximum atomic E-state index is 11.0. The van der Waals surface area contributed by atoms with Crippen LogP contribution in [0.25, 0.3) is 0 Å². The number of phenols is 1. The highest BCUT2D eigenvalue weighted by molar-refractivity contribution is 7.66. The lowest BCUT2D eigenvalue weighted by Gasteiger charge is -2.02. The summed E-state index contributed by atoms with van der Waals surface area (Å²) in [7, 11) is 0. The van der Waals surface area contributed by atoms with Crippen LogP contribution in [-0.4, -0.2) is 25.4 Å². The van der Waals surface area contributed by atoms with Crippen molar-refractivity contribution in [3.63, 3.8) is 0 Å². The zero-order valence-corrected chi connectivity index (χ0v) is 9.88. The van der Waals surface area contributed by atoms with E-state index in [0.29, 0.717) is 24.6 Å². The molecule has 0 bridgehead atoms. The molecule has 17 heavy (non-hydrogen) atoms. The predicted molar refractivity (Wildman–Crippen MR) is 63.7 cm³/mol. The van der Waals surface area contributed by atoms with Gasteiger partial charge in [0.1, 0.15) is 12.3 Å². The van der Waals surface area contributed by atoms with Crippen molar-refractivity contribution in [3.8, 4) is 5.75 Å². The van der Waals surface area contributed by atoms with Crippen LogP contribution in [0, 0.1) is 0 Å². The lowest BCUT2D eigenvalue weighted by molar-refractivity contribution is 0.475. The fraction of sp³-hybridized carbons (Fsp3) is 0.273. The van der Waals surface area contributed by atoms with Crippen LogP contribution in [0.15, 0.2) is 36.7 Å². The summed E-state index contributed by atoms with van der Waals surface area (Å²) in [6.45, 7) is 0.537.